The first kappa shape index (κ1) is 49.7. The van der Waals surface area contributed by atoms with Gasteiger partial charge in [-0.3, -0.25) is 28.8 Å². The smallest absolute Gasteiger partial charge is 0.334 e. The number of carboxylic acids is 4. The van der Waals surface area contributed by atoms with Crippen LogP contribution in [0.4, 0.5) is 0 Å². The number of ether oxygens (including phenoxy) is 3. The van der Waals surface area contributed by atoms with Crippen molar-refractivity contribution in [1.82, 2.24) is 0 Å². The van der Waals surface area contributed by atoms with Crippen LogP contribution in [0.2, 0.25) is 0 Å². The number of thiol groups is 1. The molecule has 0 aromatic rings. The van der Waals surface area contributed by atoms with Crippen LogP contribution in [0, 0.1) is 0 Å². The first-order chi connectivity index (χ1) is 20.2. The number of nitrogens with two attached hydrogens (primary N) is 8. The first-order valence-electron chi connectivity index (χ1n) is 11.6. The van der Waals surface area contributed by atoms with Crippen molar-refractivity contribution in [3.05, 3.63) is 0 Å². The van der Waals surface area contributed by atoms with Gasteiger partial charge in [0.1, 0.15) is 37.4 Å². The van der Waals surface area contributed by atoms with Gasteiger partial charge in [0.25, 0.3) is 0 Å². The summed E-state index contributed by atoms with van der Waals surface area (Å²) >= 11 is 3.65. The molecule has 0 bridgehead atoms. The zero-order valence-electron chi connectivity index (χ0n) is 23.6. The van der Waals surface area contributed by atoms with Crippen LogP contribution in [0.15, 0.2) is 0 Å². The van der Waals surface area contributed by atoms with Crippen LogP contribution in [0.3, 0.4) is 0 Å². The summed E-state index contributed by atoms with van der Waals surface area (Å²) in [6.07, 6.45) is 0. The van der Waals surface area contributed by atoms with Gasteiger partial charge in [0.05, 0.1) is 26.2 Å². The number of rotatable bonds is 13. The van der Waals surface area contributed by atoms with Crippen molar-refractivity contribution in [3.8, 4) is 0 Å². The van der Waals surface area contributed by atoms with Gasteiger partial charge < -0.3 is 80.5 Å². The van der Waals surface area contributed by atoms with Gasteiger partial charge in [-0.25, -0.2) is 9.59 Å². The Kier molecular flexibility index (Phi) is 36.0. The molecule has 0 fully saturated rings. The zero-order chi connectivity index (χ0) is 36.0. The highest BCUT2D eigenvalue weighted by atomic mass is 32.1. The number of carbonyl (C=O) groups excluding carboxylic acids is 4. The zero-order valence-corrected chi connectivity index (χ0v) is 24.5. The summed E-state index contributed by atoms with van der Waals surface area (Å²) in [5.74, 6) is -7.24. The molecule has 0 saturated heterocycles. The van der Waals surface area contributed by atoms with Crippen molar-refractivity contribution < 1.29 is 73.0 Å². The summed E-state index contributed by atoms with van der Waals surface area (Å²) in [4.78, 5) is 81.3. The number of carbonyl (C=O) groups is 8. The average Bonchev–Trinajstić information content (AvgIpc) is 2.98. The summed E-state index contributed by atoms with van der Waals surface area (Å²) in [5.41, 5.74) is 39.4. The van der Waals surface area contributed by atoms with Crippen LogP contribution in [0.1, 0.15) is 6.92 Å². The Labute approximate surface area is 255 Å². The Morgan fingerprint density at radius 1 is 0.591 bits per heavy atom. The summed E-state index contributed by atoms with van der Waals surface area (Å²) in [7, 11) is 0. The third kappa shape index (κ3) is 40.1. The van der Waals surface area contributed by atoms with Gasteiger partial charge >= 0.3 is 47.8 Å². The van der Waals surface area contributed by atoms with E-state index in [2.05, 4.69) is 38.3 Å². The second-order valence-corrected chi connectivity index (χ2v) is 7.54. The fraction of sp³-hybridized carbons (Fsp3) is 0.600. The van der Waals surface area contributed by atoms with Gasteiger partial charge in [0, 0.05) is 5.75 Å². The molecule has 0 aliphatic carbocycles. The van der Waals surface area contributed by atoms with E-state index in [1.54, 1.807) is 0 Å². The van der Waals surface area contributed by atoms with Crippen molar-refractivity contribution in [2.45, 2.75) is 31.1 Å². The maximum absolute atomic E-state index is 11.1. The van der Waals surface area contributed by atoms with Gasteiger partial charge in [-0.2, -0.15) is 12.6 Å². The quantitative estimate of drug-likeness (QED) is 0.0375. The minimum Gasteiger partial charge on any atom is -0.480 e. The lowest BCUT2D eigenvalue weighted by molar-refractivity contribution is -0.163. The van der Waals surface area contributed by atoms with Crippen molar-refractivity contribution >= 4 is 60.4 Å². The number of aliphatic carboxylic acids is 4. The predicted octanol–water partition coefficient (Wildman–Crippen LogP) is -7.48. The Morgan fingerprint density at radius 2 is 0.909 bits per heavy atom. The van der Waals surface area contributed by atoms with Gasteiger partial charge in [-0.05, 0) is 6.92 Å². The molecule has 0 aliphatic heterocycles. The van der Waals surface area contributed by atoms with Gasteiger partial charge in [-0.1, -0.05) is 0 Å². The minimum atomic E-state index is -1.24. The second-order valence-electron chi connectivity index (χ2n) is 7.18. The standard InChI is InChI=1S/C8H15N3O5.C5H10N2O4.C3H7NO2S.2C2H5NO2/c1-4(10)7(13)16-8(14)5(11)3-15-6(12)2-9;6-1-4(8)11-2-3(7)5(9)10;4-2(1-7)3(5)6;2*3-1-2(4)5/h4-5H,2-3,9-11H2,1H3;3H,1-2,6-7H2,(H,9,10);2,7H,1,4H2,(H,5,6);2*1,3H2,(H,4,5)/t4-,5-;3-;2-;;/m000../s1. The molecule has 44 heavy (non-hydrogen) atoms. The predicted molar refractivity (Wildman–Crippen MR) is 151 cm³/mol. The van der Waals surface area contributed by atoms with E-state index in [0.717, 1.165) is 0 Å². The van der Waals surface area contributed by atoms with Crippen molar-refractivity contribution in [3.63, 3.8) is 0 Å². The van der Waals surface area contributed by atoms with Crippen molar-refractivity contribution in [1.29, 1.82) is 0 Å². The molecule has 0 aromatic carbocycles. The summed E-state index contributed by atoms with van der Waals surface area (Å²) in [6, 6.07) is -4.16. The molecule has 23 nitrogen and oxygen atoms in total. The number of hydrogen-bond donors (Lipinski definition) is 13. The maximum Gasteiger partial charge on any atom is 0.334 e. The number of carboxylic acid groups (broad SMARTS) is 4. The minimum absolute atomic E-state index is 0.190. The van der Waals surface area contributed by atoms with Crippen LogP contribution in [-0.2, 0) is 52.6 Å². The Bertz CT molecular complexity index is 881. The highest BCUT2D eigenvalue weighted by molar-refractivity contribution is 7.80. The van der Waals surface area contributed by atoms with Crippen molar-refractivity contribution in [2.75, 3.05) is 45.1 Å². The van der Waals surface area contributed by atoms with E-state index in [-0.39, 0.29) is 38.5 Å². The summed E-state index contributed by atoms with van der Waals surface area (Å²) in [5, 5.41) is 31.4. The van der Waals surface area contributed by atoms with Gasteiger partial charge in [-0.15, -0.1) is 0 Å². The molecule has 0 aromatic heterocycles. The molecule has 0 spiro atoms. The number of hydrogen-bond acceptors (Lipinski definition) is 20. The van der Waals surface area contributed by atoms with E-state index in [1.807, 2.05) is 0 Å². The Balaban J connectivity index is -0.000000157. The van der Waals surface area contributed by atoms with Crippen LogP contribution in [0.25, 0.3) is 0 Å². The molecule has 0 radical (unpaired) electrons. The first-order valence-corrected chi connectivity index (χ1v) is 12.2. The summed E-state index contributed by atoms with van der Waals surface area (Å²) in [6.45, 7) is -0.533. The highest BCUT2D eigenvalue weighted by Crippen LogP contribution is 1.91. The lowest BCUT2D eigenvalue weighted by atomic mass is 10.3. The van der Waals surface area contributed by atoms with Crippen molar-refractivity contribution in [2.24, 2.45) is 45.9 Å². The lowest BCUT2D eigenvalue weighted by Crippen LogP contribution is -2.41. The molecule has 24 heteroatoms. The number of esters is 4. The highest BCUT2D eigenvalue weighted by Gasteiger charge is 2.22. The van der Waals surface area contributed by atoms with E-state index in [9.17, 15) is 38.4 Å². The third-order valence-corrected chi connectivity index (χ3v) is 3.63. The molecular weight excluding hydrogens is 624 g/mol. The molecule has 20 N–H and O–H groups in total. The van der Waals surface area contributed by atoms with E-state index in [4.69, 9.17) is 54.8 Å². The van der Waals surface area contributed by atoms with Gasteiger partial charge in [0.15, 0.2) is 0 Å². The molecular formula is C20H42N8O15S. The second kappa shape index (κ2) is 31.9. The van der Waals surface area contributed by atoms with E-state index in [0.29, 0.717) is 0 Å². The van der Waals surface area contributed by atoms with Gasteiger partial charge in [0.2, 0.25) is 0 Å². The molecule has 0 aliphatic rings. The molecule has 0 rings (SSSR count). The maximum atomic E-state index is 11.1. The van der Waals surface area contributed by atoms with Crippen LogP contribution in [-0.4, -0.2) is 137 Å². The van der Waals surface area contributed by atoms with Crippen LogP contribution < -0.4 is 45.9 Å². The monoisotopic (exact) mass is 666 g/mol. The normalized spacial score (nSPS) is 11.9. The fourth-order valence-corrected chi connectivity index (χ4v) is 1.12. The Hall–Kier alpha value is -4.01. The molecule has 4 atom stereocenters. The van der Waals surface area contributed by atoms with Crippen LogP contribution in [0.5, 0.6) is 0 Å². The third-order valence-electron chi connectivity index (χ3n) is 3.24. The van der Waals surface area contributed by atoms with E-state index in [1.165, 1.54) is 6.92 Å². The SMILES string of the molecule is C[C@H](N)C(=O)OC(=O)[C@@H](N)COC(=O)CN.NCC(=O)O.NCC(=O)O.NCC(=O)OC[C@H](N)C(=O)O.N[C@@H](CS)C(=O)O. The topological polar surface area (TPSA) is 453 Å². The summed E-state index contributed by atoms with van der Waals surface area (Å²) < 4.78 is 13.1. The van der Waals surface area contributed by atoms with E-state index < -0.39 is 78.5 Å². The molecule has 258 valence electrons. The molecule has 0 unspecified atom stereocenters. The molecule has 0 saturated carbocycles. The fourth-order valence-electron chi connectivity index (χ4n) is 0.969. The van der Waals surface area contributed by atoms with Crippen LogP contribution >= 0.6 is 12.6 Å². The molecule has 0 amide bonds. The lowest BCUT2D eigenvalue weighted by Gasteiger charge is -2.11. The molecule has 0 heterocycles. The largest absolute Gasteiger partial charge is 0.480 e. The Morgan fingerprint density at radius 3 is 1.11 bits per heavy atom. The average molecular weight is 667 g/mol. The van der Waals surface area contributed by atoms with E-state index >= 15 is 0 Å².